The summed E-state index contributed by atoms with van der Waals surface area (Å²) in [7, 11) is 1.80. The van der Waals surface area contributed by atoms with Crippen molar-refractivity contribution in [1.29, 1.82) is 0 Å². The molecule has 0 saturated carbocycles. The van der Waals surface area contributed by atoms with Gasteiger partial charge in [-0.05, 0) is 38.1 Å². The van der Waals surface area contributed by atoms with Crippen molar-refractivity contribution in [3.05, 3.63) is 35.1 Å². The number of rotatable bonds is 4. The van der Waals surface area contributed by atoms with Gasteiger partial charge >= 0.3 is 0 Å². The molecule has 0 amide bonds. The molecule has 0 heterocycles. The van der Waals surface area contributed by atoms with E-state index in [4.69, 9.17) is 0 Å². The first kappa shape index (κ1) is 11.9. The van der Waals surface area contributed by atoms with Crippen LogP contribution >= 0.6 is 0 Å². The number of halogens is 1. The summed E-state index contributed by atoms with van der Waals surface area (Å²) in [6.45, 7) is 3.28. The van der Waals surface area contributed by atoms with Crippen LogP contribution in [0.25, 0.3) is 0 Å². The third-order valence-electron chi connectivity index (χ3n) is 2.42. The van der Waals surface area contributed by atoms with Crippen LogP contribution in [0, 0.1) is 12.7 Å². The summed E-state index contributed by atoms with van der Waals surface area (Å²) in [5.41, 5.74) is 1.56. The van der Waals surface area contributed by atoms with Crippen LogP contribution in [0.15, 0.2) is 18.2 Å². The molecule has 1 N–H and O–H groups in total. The number of aryl methyl sites for hydroxylation is 1. The highest BCUT2D eigenvalue weighted by Crippen LogP contribution is 2.19. The van der Waals surface area contributed by atoms with Crippen LogP contribution in [-0.4, -0.2) is 12.8 Å². The fourth-order valence-corrected chi connectivity index (χ4v) is 1.56. The van der Waals surface area contributed by atoms with Crippen molar-refractivity contribution in [3.63, 3.8) is 0 Å². The number of ketones is 1. The Labute approximate surface area is 89.5 Å². The quantitative estimate of drug-likeness (QED) is 0.824. The summed E-state index contributed by atoms with van der Waals surface area (Å²) in [4.78, 5) is 11.0. The highest BCUT2D eigenvalue weighted by Gasteiger charge is 2.12. The lowest BCUT2D eigenvalue weighted by atomic mass is 10.00. The summed E-state index contributed by atoms with van der Waals surface area (Å²) in [6, 6.07) is 4.91. The third kappa shape index (κ3) is 3.13. The van der Waals surface area contributed by atoms with Gasteiger partial charge in [0, 0.05) is 12.5 Å². The van der Waals surface area contributed by atoms with E-state index < -0.39 is 0 Å². The lowest BCUT2D eigenvalue weighted by molar-refractivity contribution is -0.117. The molecule has 2 nitrogen and oxygen atoms in total. The molecule has 0 aliphatic heterocycles. The molecular weight excluding hydrogens is 193 g/mol. The van der Waals surface area contributed by atoms with Crippen molar-refractivity contribution in [3.8, 4) is 0 Å². The molecule has 1 aromatic carbocycles. The van der Waals surface area contributed by atoms with Crippen molar-refractivity contribution in [2.75, 3.05) is 7.05 Å². The fraction of sp³-hybridized carbons (Fsp3) is 0.417. The molecule has 0 spiro atoms. The topological polar surface area (TPSA) is 29.1 Å². The highest BCUT2D eigenvalue weighted by molar-refractivity contribution is 5.76. The zero-order valence-electron chi connectivity index (χ0n) is 9.30. The maximum absolute atomic E-state index is 13.0. The summed E-state index contributed by atoms with van der Waals surface area (Å²) in [5.74, 6) is -0.0900. The maximum Gasteiger partial charge on any atom is 0.131 e. The second-order valence-corrected chi connectivity index (χ2v) is 3.76. The lowest BCUT2D eigenvalue weighted by Crippen LogP contribution is -2.19. The van der Waals surface area contributed by atoms with E-state index in [-0.39, 0.29) is 17.6 Å². The second-order valence-electron chi connectivity index (χ2n) is 3.76. The molecule has 1 rings (SSSR count). The molecule has 0 radical (unpaired) electrons. The number of benzene rings is 1. The Morgan fingerprint density at radius 2 is 2.20 bits per heavy atom. The summed E-state index contributed by atoms with van der Waals surface area (Å²) < 4.78 is 13.0. The fourth-order valence-electron chi connectivity index (χ4n) is 1.56. The predicted octanol–water partition coefficient (Wildman–Crippen LogP) is 2.37. The predicted molar refractivity (Wildman–Crippen MR) is 58.2 cm³/mol. The van der Waals surface area contributed by atoms with E-state index in [1.54, 1.807) is 33.0 Å². The lowest BCUT2D eigenvalue weighted by Gasteiger charge is -2.15. The largest absolute Gasteiger partial charge is 0.313 e. The first-order valence-electron chi connectivity index (χ1n) is 4.97. The van der Waals surface area contributed by atoms with Crippen LogP contribution in [-0.2, 0) is 4.79 Å². The minimum absolute atomic E-state index is 0.0261. The Hall–Kier alpha value is -1.22. The minimum Gasteiger partial charge on any atom is -0.313 e. The number of carbonyl (C=O) groups is 1. The van der Waals surface area contributed by atoms with Gasteiger partial charge < -0.3 is 5.32 Å². The minimum atomic E-state index is -0.212. The third-order valence-corrected chi connectivity index (χ3v) is 2.42. The SMILES string of the molecule is CNC(CC(C)=O)c1ccc(F)c(C)c1. The molecule has 1 aromatic rings. The Morgan fingerprint density at radius 1 is 1.53 bits per heavy atom. The molecule has 0 saturated heterocycles. The molecule has 82 valence electrons. The van der Waals surface area contributed by atoms with Gasteiger partial charge in [0.15, 0.2) is 0 Å². The summed E-state index contributed by atoms with van der Waals surface area (Å²) in [6.07, 6.45) is 0.432. The summed E-state index contributed by atoms with van der Waals surface area (Å²) in [5, 5.41) is 3.05. The number of carbonyl (C=O) groups excluding carboxylic acids is 1. The molecule has 0 bridgehead atoms. The Morgan fingerprint density at radius 3 is 2.67 bits per heavy atom. The van der Waals surface area contributed by atoms with E-state index in [1.165, 1.54) is 6.07 Å². The molecule has 1 atom stereocenters. The van der Waals surface area contributed by atoms with Gasteiger partial charge in [-0.1, -0.05) is 12.1 Å². The van der Waals surface area contributed by atoms with Crippen LogP contribution in [0.2, 0.25) is 0 Å². The number of hydrogen-bond acceptors (Lipinski definition) is 2. The highest BCUT2D eigenvalue weighted by atomic mass is 19.1. The second kappa shape index (κ2) is 5.03. The van der Waals surface area contributed by atoms with Crippen LogP contribution in [0.5, 0.6) is 0 Å². The first-order chi connectivity index (χ1) is 7.04. The number of Topliss-reactive ketones (excluding diaryl/α,β-unsaturated/α-hetero) is 1. The van der Waals surface area contributed by atoms with Crippen molar-refractivity contribution < 1.29 is 9.18 Å². The molecule has 0 aromatic heterocycles. The van der Waals surface area contributed by atoms with Crippen LogP contribution in [0.4, 0.5) is 4.39 Å². The van der Waals surface area contributed by atoms with Crippen LogP contribution in [0.3, 0.4) is 0 Å². The van der Waals surface area contributed by atoms with E-state index in [0.29, 0.717) is 12.0 Å². The Balaban J connectivity index is 2.92. The van der Waals surface area contributed by atoms with Gasteiger partial charge in [-0.2, -0.15) is 0 Å². The van der Waals surface area contributed by atoms with E-state index in [1.807, 2.05) is 0 Å². The molecule has 15 heavy (non-hydrogen) atoms. The van der Waals surface area contributed by atoms with Gasteiger partial charge in [-0.3, -0.25) is 4.79 Å². The number of hydrogen-bond donors (Lipinski definition) is 1. The van der Waals surface area contributed by atoms with Crippen molar-refractivity contribution >= 4 is 5.78 Å². The van der Waals surface area contributed by atoms with E-state index >= 15 is 0 Å². The van der Waals surface area contributed by atoms with Gasteiger partial charge in [0.2, 0.25) is 0 Å². The molecule has 0 fully saturated rings. The van der Waals surface area contributed by atoms with Gasteiger partial charge in [0.25, 0.3) is 0 Å². The smallest absolute Gasteiger partial charge is 0.131 e. The molecule has 0 aliphatic carbocycles. The number of nitrogens with one attached hydrogen (secondary N) is 1. The average molecular weight is 209 g/mol. The molecular formula is C12H16FNO. The van der Waals surface area contributed by atoms with E-state index in [2.05, 4.69) is 5.32 Å². The normalized spacial score (nSPS) is 12.5. The maximum atomic E-state index is 13.0. The van der Waals surface area contributed by atoms with Crippen LogP contribution < -0.4 is 5.32 Å². The van der Waals surface area contributed by atoms with E-state index in [0.717, 1.165) is 5.56 Å². The Bertz CT molecular complexity index is 363. The first-order valence-corrected chi connectivity index (χ1v) is 4.97. The van der Waals surface area contributed by atoms with Gasteiger partial charge in [-0.25, -0.2) is 4.39 Å². The zero-order chi connectivity index (χ0) is 11.4. The zero-order valence-corrected chi connectivity index (χ0v) is 9.30. The van der Waals surface area contributed by atoms with Crippen molar-refractivity contribution in [2.24, 2.45) is 0 Å². The Kier molecular flexibility index (Phi) is 3.97. The summed E-state index contributed by atoms with van der Waals surface area (Å²) >= 11 is 0. The van der Waals surface area contributed by atoms with Gasteiger partial charge in [0.1, 0.15) is 11.6 Å². The van der Waals surface area contributed by atoms with E-state index in [9.17, 15) is 9.18 Å². The average Bonchev–Trinajstić information content (AvgIpc) is 2.18. The molecule has 3 heteroatoms. The molecule has 1 unspecified atom stereocenters. The van der Waals surface area contributed by atoms with Gasteiger partial charge in [-0.15, -0.1) is 0 Å². The van der Waals surface area contributed by atoms with Crippen LogP contribution in [0.1, 0.15) is 30.5 Å². The monoisotopic (exact) mass is 209 g/mol. The van der Waals surface area contributed by atoms with Crippen molar-refractivity contribution in [1.82, 2.24) is 5.32 Å². The molecule has 0 aliphatic rings. The van der Waals surface area contributed by atoms with Gasteiger partial charge in [0.05, 0.1) is 0 Å². The van der Waals surface area contributed by atoms with Crippen molar-refractivity contribution in [2.45, 2.75) is 26.3 Å². The standard InChI is InChI=1S/C12H16FNO/c1-8-6-10(4-5-11(8)13)12(14-3)7-9(2)15/h4-6,12,14H,7H2,1-3H3.